The third kappa shape index (κ3) is 2.79. The van der Waals surface area contributed by atoms with E-state index in [9.17, 15) is 9.59 Å². The second-order valence-corrected chi connectivity index (χ2v) is 4.80. The van der Waals surface area contributed by atoms with Crippen molar-refractivity contribution in [1.29, 1.82) is 0 Å². The number of carboxylic acids is 1. The van der Waals surface area contributed by atoms with E-state index in [0.717, 1.165) is 12.8 Å². The minimum Gasteiger partial charge on any atom is -0.477 e. The van der Waals surface area contributed by atoms with Crippen molar-refractivity contribution in [3.05, 3.63) is 0 Å². The van der Waals surface area contributed by atoms with E-state index >= 15 is 0 Å². The number of nitrogens with one attached hydrogen (secondary N) is 1. The van der Waals surface area contributed by atoms with Crippen LogP contribution in [0.25, 0.3) is 0 Å². The second kappa shape index (κ2) is 4.93. The van der Waals surface area contributed by atoms with E-state index in [4.69, 9.17) is 14.7 Å². The van der Waals surface area contributed by atoms with Gasteiger partial charge in [0.1, 0.15) is 0 Å². The first-order valence-corrected chi connectivity index (χ1v) is 5.86. The number of hydrogen-bond donors (Lipinski definition) is 2. The predicted molar refractivity (Wildman–Crippen MR) is 61.2 cm³/mol. The quantitative estimate of drug-likeness (QED) is 0.735. The van der Waals surface area contributed by atoms with Gasteiger partial charge >= 0.3 is 5.97 Å². The molecule has 1 saturated heterocycles. The molecule has 0 aromatic heterocycles. The summed E-state index contributed by atoms with van der Waals surface area (Å²) in [6.07, 6.45) is 0.639. The van der Waals surface area contributed by atoms with Crippen molar-refractivity contribution >= 4 is 17.6 Å². The van der Waals surface area contributed by atoms with Gasteiger partial charge in [0, 0.05) is 25.2 Å². The van der Waals surface area contributed by atoms with Gasteiger partial charge in [-0.2, -0.15) is 0 Å². The van der Waals surface area contributed by atoms with Crippen molar-refractivity contribution < 1.29 is 24.3 Å². The van der Waals surface area contributed by atoms with Crippen LogP contribution in [0.2, 0.25) is 0 Å². The first-order chi connectivity index (χ1) is 8.50. The minimum atomic E-state index is -1.15. The van der Waals surface area contributed by atoms with E-state index in [0.29, 0.717) is 13.2 Å². The summed E-state index contributed by atoms with van der Waals surface area (Å²) < 4.78 is 5.24. The van der Waals surface area contributed by atoms with Crippen LogP contribution in [0.1, 0.15) is 26.2 Å². The number of oxime groups is 1. The Morgan fingerprint density at radius 2 is 2.11 bits per heavy atom. The number of carboxylic acid groups (broad SMARTS) is 1. The van der Waals surface area contributed by atoms with Crippen LogP contribution in [-0.2, 0) is 19.2 Å². The fourth-order valence-electron chi connectivity index (χ4n) is 1.97. The van der Waals surface area contributed by atoms with Crippen molar-refractivity contribution in [2.24, 2.45) is 5.16 Å². The molecule has 100 valence electrons. The molecule has 2 aliphatic rings. The van der Waals surface area contributed by atoms with Crippen molar-refractivity contribution in [1.82, 2.24) is 5.32 Å². The predicted octanol–water partition coefficient (Wildman–Crippen LogP) is -0.0988. The molecule has 0 aliphatic carbocycles. The van der Waals surface area contributed by atoms with Gasteiger partial charge in [-0.25, -0.2) is 4.79 Å². The van der Waals surface area contributed by atoms with Gasteiger partial charge in [-0.05, 0) is 19.8 Å². The molecule has 1 atom stereocenters. The SMILES string of the molecule is CC1(NC(=O)C2CC(C(=O)O)=NO2)CCOCC1. The molecule has 0 aromatic carbocycles. The van der Waals surface area contributed by atoms with E-state index in [1.54, 1.807) is 0 Å². The van der Waals surface area contributed by atoms with Gasteiger partial charge in [0.25, 0.3) is 5.91 Å². The summed E-state index contributed by atoms with van der Waals surface area (Å²) in [5.74, 6) is -1.47. The molecule has 0 spiro atoms. The molecule has 2 N–H and O–H groups in total. The summed E-state index contributed by atoms with van der Waals surface area (Å²) in [5.41, 5.74) is -0.433. The summed E-state index contributed by atoms with van der Waals surface area (Å²) in [5, 5.41) is 15.0. The van der Waals surface area contributed by atoms with E-state index in [1.807, 2.05) is 6.92 Å². The highest BCUT2D eigenvalue weighted by atomic mass is 16.6. The number of rotatable bonds is 3. The molecule has 0 bridgehead atoms. The molecule has 0 saturated carbocycles. The minimum absolute atomic E-state index is 0.00769. The third-order valence-corrected chi connectivity index (χ3v) is 3.23. The van der Waals surface area contributed by atoms with Crippen LogP contribution in [-0.4, -0.2) is 47.6 Å². The van der Waals surface area contributed by atoms with Crippen molar-refractivity contribution in [2.75, 3.05) is 13.2 Å². The Bertz CT molecular complexity index is 387. The highest BCUT2D eigenvalue weighted by Gasteiger charge is 2.36. The summed E-state index contributed by atoms with van der Waals surface area (Å²) in [7, 11) is 0. The number of amides is 1. The summed E-state index contributed by atoms with van der Waals surface area (Å²) in [6.45, 7) is 3.17. The van der Waals surface area contributed by atoms with Crippen molar-refractivity contribution in [3.63, 3.8) is 0 Å². The van der Waals surface area contributed by atoms with Gasteiger partial charge in [0.05, 0.1) is 0 Å². The zero-order chi connectivity index (χ0) is 13.2. The zero-order valence-electron chi connectivity index (χ0n) is 10.1. The first-order valence-electron chi connectivity index (χ1n) is 5.86. The number of carbonyl (C=O) groups is 2. The van der Waals surface area contributed by atoms with Gasteiger partial charge in [0.15, 0.2) is 5.71 Å². The normalized spacial score (nSPS) is 26.1. The molecule has 1 unspecified atom stereocenters. The Morgan fingerprint density at radius 1 is 1.44 bits per heavy atom. The Hall–Kier alpha value is -1.63. The van der Waals surface area contributed by atoms with Crippen molar-refractivity contribution in [3.8, 4) is 0 Å². The first kappa shape index (κ1) is 12.8. The maximum absolute atomic E-state index is 11.9. The van der Waals surface area contributed by atoms with Crippen LogP contribution in [0.15, 0.2) is 5.16 Å². The molecular weight excluding hydrogens is 240 g/mol. The van der Waals surface area contributed by atoms with Gasteiger partial charge in [-0.15, -0.1) is 0 Å². The van der Waals surface area contributed by atoms with Gasteiger partial charge in [-0.1, -0.05) is 5.16 Å². The third-order valence-electron chi connectivity index (χ3n) is 3.23. The van der Waals surface area contributed by atoms with Crippen molar-refractivity contribution in [2.45, 2.75) is 37.8 Å². The lowest BCUT2D eigenvalue weighted by Crippen LogP contribution is -2.52. The summed E-state index contributed by atoms with van der Waals surface area (Å²) in [6, 6.07) is 0. The molecule has 7 nitrogen and oxygen atoms in total. The van der Waals surface area contributed by atoms with Gasteiger partial charge < -0.3 is 20.0 Å². The lowest BCUT2D eigenvalue weighted by molar-refractivity contribution is -0.134. The number of hydrogen-bond acceptors (Lipinski definition) is 5. The number of aliphatic carboxylic acids is 1. The highest BCUT2D eigenvalue weighted by Crippen LogP contribution is 2.21. The summed E-state index contributed by atoms with van der Waals surface area (Å²) in [4.78, 5) is 27.4. The molecule has 1 fully saturated rings. The zero-order valence-corrected chi connectivity index (χ0v) is 10.1. The Balaban J connectivity index is 1.88. The smallest absolute Gasteiger partial charge is 0.353 e. The maximum Gasteiger partial charge on any atom is 0.353 e. The molecule has 0 aromatic rings. The fraction of sp³-hybridized carbons (Fsp3) is 0.727. The fourth-order valence-corrected chi connectivity index (χ4v) is 1.97. The van der Waals surface area contributed by atoms with Crippen LogP contribution in [0.4, 0.5) is 0 Å². The molecule has 2 rings (SSSR count). The van der Waals surface area contributed by atoms with Crippen LogP contribution in [0, 0.1) is 0 Å². The molecular formula is C11H16N2O5. The number of nitrogens with zero attached hydrogens (tertiary/aromatic N) is 1. The molecule has 1 amide bonds. The Kier molecular flexibility index (Phi) is 3.51. The second-order valence-electron chi connectivity index (χ2n) is 4.80. The maximum atomic E-state index is 11.9. The molecule has 18 heavy (non-hydrogen) atoms. The highest BCUT2D eigenvalue weighted by molar-refractivity contribution is 6.36. The molecule has 2 aliphatic heterocycles. The van der Waals surface area contributed by atoms with Gasteiger partial charge in [-0.3, -0.25) is 4.79 Å². The van der Waals surface area contributed by atoms with E-state index in [2.05, 4.69) is 10.5 Å². The van der Waals surface area contributed by atoms with E-state index < -0.39 is 12.1 Å². The monoisotopic (exact) mass is 256 g/mol. The van der Waals surface area contributed by atoms with E-state index in [1.165, 1.54) is 0 Å². The summed E-state index contributed by atoms with van der Waals surface area (Å²) >= 11 is 0. The average molecular weight is 256 g/mol. The average Bonchev–Trinajstić information content (AvgIpc) is 2.78. The number of ether oxygens (including phenoxy) is 1. The topological polar surface area (TPSA) is 97.2 Å². The lowest BCUT2D eigenvalue weighted by Gasteiger charge is -2.34. The van der Waals surface area contributed by atoms with E-state index in [-0.39, 0.29) is 23.6 Å². The Morgan fingerprint density at radius 3 is 2.67 bits per heavy atom. The van der Waals surface area contributed by atoms with Crippen LogP contribution < -0.4 is 5.32 Å². The van der Waals surface area contributed by atoms with Crippen LogP contribution in [0.5, 0.6) is 0 Å². The van der Waals surface area contributed by atoms with Crippen LogP contribution in [0.3, 0.4) is 0 Å². The van der Waals surface area contributed by atoms with Gasteiger partial charge in [0.2, 0.25) is 6.10 Å². The number of carbonyl (C=O) groups excluding carboxylic acids is 1. The van der Waals surface area contributed by atoms with Crippen LogP contribution >= 0.6 is 0 Å². The lowest BCUT2D eigenvalue weighted by atomic mass is 9.92. The Labute approximate surface area is 104 Å². The standard InChI is InChI=1S/C11H16N2O5/c1-11(2-4-17-5-3-11)12-9(14)8-6-7(10(15)16)13-18-8/h8H,2-6H2,1H3,(H,12,14)(H,15,16). The largest absolute Gasteiger partial charge is 0.477 e. The molecule has 2 heterocycles. The molecule has 7 heteroatoms. The molecule has 0 radical (unpaired) electrons.